The van der Waals surface area contributed by atoms with Crippen LogP contribution in [0.1, 0.15) is 53.7 Å². The summed E-state index contributed by atoms with van der Waals surface area (Å²) in [6.45, 7) is 10.5. The van der Waals surface area contributed by atoms with Gasteiger partial charge in [0.2, 0.25) is 0 Å². The van der Waals surface area contributed by atoms with Crippen molar-refractivity contribution in [3.05, 3.63) is 114 Å². The number of aryl methyl sites for hydroxylation is 2. The lowest BCUT2D eigenvalue weighted by Gasteiger charge is -2.32. The second-order valence-corrected chi connectivity index (χ2v) is 14.8. The fourth-order valence-corrected chi connectivity index (χ4v) is 5.53. The van der Waals surface area contributed by atoms with Crippen LogP contribution in [0.4, 0.5) is 8.78 Å². The Morgan fingerprint density at radius 3 is 1.69 bits per heavy atom. The summed E-state index contributed by atoms with van der Waals surface area (Å²) in [6, 6.07) is 22.2. The minimum Gasteiger partial charge on any atom is -0.491 e. The third-order valence-electron chi connectivity index (χ3n) is 9.12. The number of hydrogen-bond acceptors (Lipinski definition) is 10. The largest absolute Gasteiger partial charge is 0.496 e. The van der Waals surface area contributed by atoms with Gasteiger partial charge in [0.1, 0.15) is 55.4 Å². The molecule has 0 bridgehead atoms. The predicted molar refractivity (Wildman–Crippen MR) is 230 cm³/mol. The lowest BCUT2D eigenvalue weighted by molar-refractivity contribution is 0.00578. The number of aliphatic hydroxyl groups is 2. The van der Waals surface area contributed by atoms with Crippen molar-refractivity contribution in [1.82, 2.24) is 19.9 Å². The van der Waals surface area contributed by atoms with E-state index in [2.05, 4.69) is 53.7 Å². The van der Waals surface area contributed by atoms with Crippen molar-refractivity contribution in [1.29, 1.82) is 0 Å². The Kier molecular flexibility index (Phi) is 17.5. The molecule has 0 unspecified atom stereocenters. The number of fused-ring (bicyclic) bond motifs is 2. The summed E-state index contributed by atoms with van der Waals surface area (Å²) in [7, 11) is -0.308. The van der Waals surface area contributed by atoms with Crippen LogP contribution in [0.5, 0.6) is 11.5 Å². The van der Waals surface area contributed by atoms with Crippen LogP contribution in [-0.2, 0) is 9.31 Å². The van der Waals surface area contributed by atoms with Gasteiger partial charge in [0, 0.05) is 46.6 Å². The average Bonchev–Trinajstić information content (AvgIpc) is 3.41. The zero-order chi connectivity index (χ0) is 40.5. The van der Waals surface area contributed by atoms with Crippen LogP contribution < -0.4 is 14.9 Å². The summed E-state index contributed by atoms with van der Waals surface area (Å²) in [5.41, 5.74) is 6.03. The summed E-state index contributed by atoms with van der Waals surface area (Å²) in [5.74, 6) is 1.14. The Morgan fingerprint density at radius 1 is 0.672 bits per heavy atom. The molecule has 0 radical (unpaired) electrons. The van der Waals surface area contributed by atoms with Crippen LogP contribution in [0.15, 0.2) is 97.6 Å². The van der Waals surface area contributed by atoms with Crippen LogP contribution in [0.25, 0.3) is 33.1 Å². The molecule has 0 spiro atoms. The van der Waals surface area contributed by atoms with Crippen molar-refractivity contribution < 1.29 is 37.8 Å². The van der Waals surface area contributed by atoms with E-state index in [1.807, 2.05) is 56.4 Å². The summed E-state index contributed by atoms with van der Waals surface area (Å²) < 4.78 is 46.8. The molecule has 4 aromatic heterocycles. The molecule has 2 aromatic carbocycles. The van der Waals surface area contributed by atoms with Gasteiger partial charge in [0.15, 0.2) is 0 Å². The maximum atomic E-state index is 12.2. The van der Waals surface area contributed by atoms with Gasteiger partial charge in [-0.1, -0.05) is 38.6 Å². The van der Waals surface area contributed by atoms with E-state index in [1.54, 1.807) is 48.9 Å². The van der Waals surface area contributed by atoms with Gasteiger partial charge in [-0.2, -0.15) is 0 Å². The number of rotatable bonds is 10. The summed E-state index contributed by atoms with van der Waals surface area (Å²) in [5, 5.41) is 20.5. The molecule has 14 heteroatoms. The number of halogens is 3. The Labute approximate surface area is 345 Å². The highest BCUT2D eigenvalue weighted by atomic mass is 35.5. The number of hydrogen-bond donors (Lipinski definition) is 2. The molecule has 10 nitrogen and oxygen atoms in total. The molecule has 0 amide bonds. The highest BCUT2D eigenvalue weighted by Gasteiger charge is 2.51. The Morgan fingerprint density at radius 2 is 1.17 bits per heavy atom. The van der Waals surface area contributed by atoms with Gasteiger partial charge in [-0.3, -0.25) is 9.97 Å². The van der Waals surface area contributed by atoms with Crippen molar-refractivity contribution in [2.45, 2.75) is 79.8 Å². The molecule has 0 saturated carbocycles. The third-order valence-corrected chi connectivity index (χ3v) is 9.33. The summed E-state index contributed by atoms with van der Waals surface area (Å²) in [4.78, 5) is 17.1. The van der Waals surface area contributed by atoms with Crippen LogP contribution in [-0.4, -0.2) is 87.2 Å². The van der Waals surface area contributed by atoms with Gasteiger partial charge in [-0.15, -0.1) is 0 Å². The molecule has 2 N–H and O–H groups in total. The molecule has 0 aliphatic carbocycles. The van der Waals surface area contributed by atoms with Crippen LogP contribution in [0.2, 0.25) is 5.15 Å². The normalized spacial score (nSPS) is 14.8. The maximum absolute atomic E-state index is 12.2. The van der Waals surface area contributed by atoms with Gasteiger partial charge < -0.3 is 29.0 Å². The number of aromatic nitrogens is 4. The fourth-order valence-electron chi connectivity index (χ4n) is 5.38. The van der Waals surface area contributed by atoms with Gasteiger partial charge in [0.05, 0.1) is 27.9 Å². The van der Waals surface area contributed by atoms with E-state index in [-0.39, 0.29) is 46.4 Å². The van der Waals surface area contributed by atoms with Crippen molar-refractivity contribution in [3.63, 3.8) is 0 Å². The molecule has 2 atom stereocenters. The fraction of sp³-hybridized carbons (Fsp3) is 0.364. The van der Waals surface area contributed by atoms with E-state index in [1.165, 1.54) is 0 Å². The van der Waals surface area contributed by atoms with E-state index in [0.29, 0.717) is 16.7 Å². The SMILES string of the molecule is C.C.Cc1cncc(-c2ccc3cc(OC[C@H](O)CF)ccc3n2)c1.Cc1cncc(B2OC(C)(C)C(C)(C)O2)c1.O[C@H](CF)COc1ccc2nc(Cl)ccc2c1. The zero-order valence-corrected chi connectivity index (χ0v) is 33.0. The minimum atomic E-state index is -1.10. The number of aliphatic hydroxyl groups excluding tert-OH is 2. The van der Waals surface area contributed by atoms with E-state index in [9.17, 15) is 13.9 Å². The first-order valence-electron chi connectivity index (χ1n) is 18.1. The van der Waals surface area contributed by atoms with Gasteiger partial charge in [0.25, 0.3) is 0 Å². The predicted octanol–water partition coefficient (Wildman–Crippen LogP) is 8.87. The lowest BCUT2D eigenvalue weighted by atomic mass is 9.80. The second kappa shape index (κ2) is 21.3. The Bertz CT molecular complexity index is 2220. The Balaban J connectivity index is 0.000000234. The molecular weight excluding hydrogens is 765 g/mol. The average molecular weight is 819 g/mol. The monoisotopic (exact) mass is 818 g/mol. The molecular formula is C44H54BClF2N4O6. The molecule has 6 aromatic rings. The molecule has 7 rings (SSSR count). The smallest absolute Gasteiger partial charge is 0.491 e. The Hall–Kier alpha value is -4.79. The first-order chi connectivity index (χ1) is 26.7. The van der Waals surface area contributed by atoms with Crippen LogP contribution in [0, 0.1) is 13.8 Å². The van der Waals surface area contributed by atoms with Crippen molar-refractivity contribution in [2.75, 3.05) is 26.6 Å². The lowest BCUT2D eigenvalue weighted by Crippen LogP contribution is -2.41. The van der Waals surface area contributed by atoms with E-state index in [4.69, 9.17) is 35.5 Å². The number of alkyl halides is 2. The number of benzene rings is 2. The zero-order valence-electron chi connectivity index (χ0n) is 32.2. The van der Waals surface area contributed by atoms with Crippen molar-refractivity contribution in [3.8, 4) is 22.8 Å². The van der Waals surface area contributed by atoms with E-state index in [0.717, 1.165) is 49.7 Å². The number of ether oxygens (including phenoxy) is 2. The van der Waals surface area contributed by atoms with Crippen LogP contribution in [0.3, 0.4) is 0 Å². The summed E-state index contributed by atoms with van der Waals surface area (Å²) >= 11 is 5.76. The molecule has 1 aliphatic rings. The van der Waals surface area contributed by atoms with E-state index >= 15 is 0 Å². The highest BCUT2D eigenvalue weighted by molar-refractivity contribution is 6.62. The molecule has 1 saturated heterocycles. The standard InChI is InChI=1S/C18H17FN2O2.C12H18BNO2.C12H11ClFNO2.2CH4/c1-12-6-14(10-20-9-12)18-4-2-13-7-16(3-5-17(13)21-18)23-11-15(22)8-19;1-9-6-10(8-14-7-9)13-15-11(2,3)12(4,5)16-13;13-12-4-1-8-5-10(2-3-11(8)15-12)17-7-9(16)6-14;;/h2-7,9-10,15,22H,8,11H2,1H3;6-8H,1-5H3;1-5,9,16H,6-7H2;2*1H4/t15-;;9-;;/m1.1../s1. The first kappa shape index (κ1) is 47.6. The minimum absolute atomic E-state index is 0. The maximum Gasteiger partial charge on any atom is 0.496 e. The quantitative estimate of drug-likeness (QED) is 0.102. The third kappa shape index (κ3) is 12.9. The molecule has 1 fully saturated rings. The topological polar surface area (TPSA) is 129 Å². The molecule has 58 heavy (non-hydrogen) atoms. The number of pyridine rings is 4. The van der Waals surface area contributed by atoms with Gasteiger partial charge in [-0.05, 0) is 113 Å². The van der Waals surface area contributed by atoms with Crippen molar-refractivity contribution >= 4 is 46.0 Å². The molecule has 5 heterocycles. The highest BCUT2D eigenvalue weighted by Crippen LogP contribution is 2.36. The van der Waals surface area contributed by atoms with Gasteiger partial charge >= 0.3 is 7.12 Å². The van der Waals surface area contributed by atoms with Gasteiger partial charge in [-0.25, -0.2) is 18.7 Å². The van der Waals surface area contributed by atoms with E-state index < -0.39 is 25.6 Å². The molecule has 310 valence electrons. The molecule has 1 aliphatic heterocycles. The second-order valence-electron chi connectivity index (χ2n) is 14.4. The van der Waals surface area contributed by atoms with Crippen molar-refractivity contribution in [2.24, 2.45) is 0 Å². The van der Waals surface area contributed by atoms with Crippen LogP contribution >= 0.6 is 11.6 Å². The number of nitrogens with zero attached hydrogens (tertiary/aromatic N) is 4. The first-order valence-corrected chi connectivity index (χ1v) is 18.4. The summed E-state index contributed by atoms with van der Waals surface area (Å²) in [6.07, 6.45) is 5.04.